The van der Waals surface area contributed by atoms with Gasteiger partial charge in [-0.05, 0) is 18.9 Å². The normalized spacial score (nSPS) is 18.4. The lowest BCUT2D eigenvalue weighted by atomic mass is 10.1. The Kier molecular flexibility index (Phi) is 3.24. The number of nitriles is 1. The zero-order valence-electron chi connectivity index (χ0n) is 9.57. The number of benzene rings is 1. The lowest BCUT2D eigenvalue weighted by Crippen LogP contribution is -2.34. The lowest BCUT2D eigenvalue weighted by molar-refractivity contribution is -0.385. The quantitative estimate of drug-likeness (QED) is 0.586. The second kappa shape index (κ2) is 4.84. The largest absolute Gasteiger partial charge is 0.322 e. The molecule has 1 heterocycles. The second-order valence-corrected chi connectivity index (χ2v) is 4.06. The van der Waals surface area contributed by atoms with Crippen LogP contribution in [0.3, 0.4) is 0 Å². The standard InChI is InChI=1S/C12H11N3O3/c13-8-9-4-3-7-14(9)12(16)10-5-1-2-6-11(10)15(17)18/h1-2,5-6,9H,3-4,7H2. The monoisotopic (exact) mass is 245 g/mol. The van der Waals surface area contributed by atoms with E-state index in [1.54, 1.807) is 6.07 Å². The summed E-state index contributed by atoms with van der Waals surface area (Å²) in [6, 6.07) is 7.39. The molecule has 1 aromatic carbocycles. The fourth-order valence-electron chi connectivity index (χ4n) is 2.11. The number of para-hydroxylation sites is 1. The molecule has 0 aliphatic carbocycles. The van der Waals surface area contributed by atoms with Gasteiger partial charge in [0.2, 0.25) is 0 Å². The number of amides is 1. The topological polar surface area (TPSA) is 87.2 Å². The van der Waals surface area contributed by atoms with Gasteiger partial charge in [-0.1, -0.05) is 12.1 Å². The highest BCUT2D eigenvalue weighted by Gasteiger charge is 2.32. The summed E-state index contributed by atoms with van der Waals surface area (Å²) in [5.74, 6) is -0.439. The van der Waals surface area contributed by atoms with Crippen LogP contribution < -0.4 is 0 Å². The maximum absolute atomic E-state index is 12.2. The molecule has 1 aliphatic rings. The van der Waals surface area contributed by atoms with Crippen LogP contribution in [0.2, 0.25) is 0 Å². The molecule has 0 aromatic heterocycles. The van der Waals surface area contributed by atoms with Crippen LogP contribution >= 0.6 is 0 Å². The van der Waals surface area contributed by atoms with Crippen molar-refractivity contribution in [3.05, 3.63) is 39.9 Å². The van der Waals surface area contributed by atoms with Crippen molar-refractivity contribution in [2.24, 2.45) is 0 Å². The van der Waals surface area contributed by atoms with E-state index in [9.17, 15) is 14.9 Å². The molecule has 1 amide bonds. The van der Waals surface area contributed by atoms with E-state index in [1.807, 2.05) is 6.07 Å². The number of hydrogen-bond donors (Lipinski definition) is 0. The van der Waals surface area contributed by atoms with E-state index in [0.29, 0.717) is 13.0 Å². The predicted octanol–water partition coefficient (Wildman–Crippen LogP) is 1.72. The van der Waals surface area contributed by atoms with Crippen LogP contribution in [0.15, 0.2) is 24.3 Å². The molecule has 18 heavy (non-hydrogen) atoms. The number of carbonyl (C=O) groups excluding carboxylic acids is 1. The molecule has 1 aromatic rings. The Balaban J connectivity index is 2.35. The van der Waals surface area contributed by atoms with Gasteiger partial charge in [-0.3, -0.25) is 14.9 Å². The smallest absolute Gasteiger partial charge is 0.282 e. The van der Waals surface area contributed by atoms with Gasteiger partial charge >= 0.3 is 0 Å². The van der Waals surface area contributed by atoms with Crippen LogP contribution in [-0.2, 0) is 0 Å². The van der Waals surface area contributed by atoms with E-state index >= 15 is 0 Å². The molecule has 1 saturated heterocycles. The molecule has 0 saturated carbocycles. The van der Waals surface area contributed by atoms with E-state index in [-0.39, 0.29) is 11.3 Å². The Morgan fingerprint density at radius 3 is 2.89 bits per heavy atom. The maximum Gasteiger partial charge on any atom is 0.282 e. The van der Waals surface area contributed by atoms with Gasteiger partial charge in [0.1, 0.15) is 11.6 Å². The van der Waals surface area contributed by atoms with Crippen molar-refractivity contribution >= 4 is 11.6 Å². The number of nitro groups is 1. The van der Waals surface area contributed by atoms with Gasteiger partial charge < -0.3 is 4.90 Å². The minimum atomic E-state index is -0.579. The molecule has 0 spiro atoms. The summed E-state index contributed by atoms with van der Waals surface area (Å²) >= 11 is 0. The van der Waals surface area contributed by atoms with Crippen LogP contribution in [-0.4, -0.2) is 28.3 Å². The van der Waals surface area contributed by atoms with E-state index in [0.717, 1.165) is 6.42 Å². The van der Waals surface area contributed by atoms with Gasteiger partial charge in [0.15, 0.2) is 0 Å². The second-order valence-electron chi connectivity index (χ2n) is 4.06. The maximum atomic E-state index is 12.2. The molecule has 1 fully saturated rings. The van der Waals surface area contributed by atoms with Crippen molar-refractivity contribution < 1.29 is 9.72 Å². The lowest BCUT2D eigenvalue weighted by Gasteiger charge is -2.19. The van der Waals surface area contributed by atoms with E-state index < -0.39 is 16.9 Å². The third-order valence-corrected chi connectivity index (χ3v) is 2.99. The van der Waals surface area contributed by atoms with Gasteiger partial charge in [0.25, 0.3) is 11.6 Å². The molecular formula is C12H11N3O3. The minimum Gasteiger partial charge on any atom is -0.322 e. The van der Waals surface area contributed by atoms with Gasteiger partial charge in [0, 0.05) is 12.6 Å². The van der Waals surface area contributed by atoms with Crippen LogP contribution in [0, 0.1) is 21.4 Å². The SMILES string of the molecule is N#CC1CCCN1C(=O)c1ccccc1[N+](=O)[O-]. The van der Waals surface area contributed by atoms with Crippen molar-refractivity contribution in [2.75, 3.05) is 6.54 Å². The first-order chi connectivity index (χ1) is 8.65. The highest BCUT2D eigenvalue weighted by molar-refractivity contribution is 5.98. The first-order valence-corrected chi connectivity index (χ1v) is 5.59. The fourth-order valence-corrected chi connectivity index (χ4v) is 2.11. The highest BCUT2D eigenvalue weighted by atomic mass is 16.6. The molecule has 92 valence electrons. The predicted molar refractivity (Wildman–Crippen MR) is 62.8 cm³/mol. The highest BCUT2D eigenvalue weighted by Crippen LogP contribution is 2.24. The number of nitrogens with zero attached hydrogens (tertiary/aromatic N) is 3. The van der Waals surface area contributed by atoms with Gasteiger partial charge in [0.05, 0.1) is 11.0 Å². The first-order valence-electron chi connectivity index (χ1n) is 5.59. The van der Waals surface area contributed by atoms with Crippen molar-refractivity contribution in [1.82, 2.24) is 4.90 Å². The summed E-state index contributed by atoms with van der Waals surface area (Å²) in [4.78, 5) is 23.9. The molecule has 1 atom stereocenters. The number of likely N-dealkylation sites (tertiary alicyclic amines) is 1. The third kappa shape index (κ3) is 2.02. The van der Waals surface area contributed by atoms with E-state index in [2.05, 4.69) is 0 Å². The fraction of sp³-hybridized carbons (Fsp3) is 0.333. The summed E-state index contributed by atoms with van der Waals surface area (Å²) in [5, 5.41) is 19.8. The Labute approximate surface area is 104 Å². The van der Waals surface area contributed by atoms with Gasteiger partial charge in [-0.2, -0.15) is 5.26 Å². The van der Waals surface area contributed by atoms with Crippen LogP contribution in [0.1, 0.15) is 23.2 Å². The van der Waals surface area contributed by atoms with Crippen molar-refractivity contribution in [3.63, 3.8) is 0 Å². The van der Waals surface area contributed by atoms with Crippen LogP contribution in [0.25, 0.3) is 0 Å². The zero-order chi connectivity index (χ0) is 13.1. The van der Waals surface area contributed by atoms with Crippen molar-refractivity contribution in [1.29, 1.82) is 5.26 Å². The van der Waals surface area contributed by atoms with Crippen LogP contribution in [0.4, 0.5) is 5.69 Å². The van der Waals surface area contributed by atoms with Crippen molar-refractivity contribution in [3.8, 4) is 6.07 Å². The molecule has 2 rings (SSSR count). The Morgan fingerprint density at radius 1 is 1.50 bits per heavy atom. The average molecular weight is 245 g/mol. The minimum absolute atomic E-state index is 0.0460. The first kappa shape index (κ1) is 12.0. The van der Waals surface area contributed by atoms with Crippen molar-refractivity contribution in [2.45, 2.75) is 18.9 Å². The summed E-state index contributed by atoms with van der Waals surface area (Å²) in [7, 11) is 0. The molecule has 1 aliphatic heterocycles. The van der Waals surface area contributed by atoms with E-state index in [1.165, 1.54) is 23.1 Å². The summed E-state index contributed by atoms with van der Waals surface area (Å²) < 4.78 is 0. The van der Waals surface area contributed by atoms with Gasteiger partial charge in [-0.25, -0.2) is 0 Å². The number of rotatable bonds is 2. The Bertz CT molecular complexity index is 536. The Hall–Kier alpha value is -2.42. The molecule has 0 radical (unpaired) electrons. The molecule has 0 bridgehead atoms. The molecule has 0 N–H and O–H groups in total. The summed E-state index contributed by atoms with van der Waals surface area (Å²) in [6.07, 6.45) is 1.38. The molecule has 6 heteroatoms. The molecule has 1 unspecified atom stereocenters. The van der Waals surface area contributed by atoms with Gasteiger partial charge in [-0.15, -0.1) is 0 Å². The number of nitro benzene ring substituents is 1. The number of carbonyl (C=O) groups is 1. The third-order valence-electron chi connectivity index (χ3n) is 2.99. The number of hydrogen-bond acceptors (Lipinski definition) is 4. The van der Waals surface area contributed by atoms with Crippen LogP contribution in [0.5, 0.6) is 0 Å². The summed E-state index contributed by atoms with van der Waals surface area (Å²) in [6.45, 7) is 0.475. The molecule has 6 nitrogen and oxygen atoms in total. The average Bonchev–Trinajstić information content (AvgIpc) is 2.86. The molecular weight excluding hydrogens is 234 g/mol. The Morgan fingerprint density at radius 2 is 2.22 bits per heavy atom. The zero-order valence-corrected chi connectivity index (χ0v) is 9.57. The summed E-state index contributed by atoms with van der Waals surface area (Å²) in [5.41, 5.74) is -0.171. The van der Waals surface area contributed by atoms with E-state index in [4.69, 9.17) is 5.26 Å².